The lowest BCUT2D eigenvalue weighted by Gasteiger charge is -2.07. The third-order valence-corrected chi connectivity index (χ3v) is 3.76. The SMILES string of the molecule is COC(=O)c1c(N)nsc1NCCc1cccc(OC)c1. The Morgan fingerprint density at radius 2 is 2.24 bits per heavy atom. The van der Waals surface area contributed by atoms with Crippen molar-refractivity contribution in [2.75, 3.05) is 31.8 Å². The van der Waals surface area contributed by atoms with Gasteiger partial charge in [-0.1, -0.05) is 12.1 Å². The molecule has 0 aliphatic rings. The first kappa shape index (κ1) is 15.1. The van der Waals surface area contributed by atoms with E-state index in [2.05, 4.69) is 9.69 Å². The fraction of sp³-hybridized carbons (Fsp3) is 0.286. The van der Waals surface area contributed by atoms with E-state index in [1.807, 2.05) is 24.3 Å². The van der Waals surface area contributed by atoms with Crippen LogP contribution in [0, 0.1) is 0 Å². The molecular formula is C14H17N3O3S. The number of carbonyl (C=O) groups is 1. The summed E-state index contributed by atoms with van der Waals surface area (Å²) in [5, 5.41) is 3.80. The van der Waals surface area contributed by atoms with Crippen molar-refractivity contribution in [2.24, 2.45) is 0 Å². The average Bonchev–Trinajstić information content (AvgIpc) is 2.87. The molecule has 0 radical (unpaired) electrons. The molecule has 0 fully saturated rings. The number of ether oxygens (including phenoxy) is 2. The van der Waals surface area contributed by atoms with Crippen molar-refractivity contribution in [3.63, 3.8) is 0 Å². The first-order chi connectivity index (χ1) is 10.2. The number of anilines is 2. The highest BCUT2D eigenvalue weighted by atomic mass is 32.1. The monoisotopic (exact) mass is 307 g/mol. The lowest BCUT2D eigenvalue weighted by atomic mass is 10.1. The third-order valence-electron chi connectivity index (χ3n) is 2.94. The Morgan fingerprint density at radius 3 is 2.95 bits per heavy atom. The normalized spacial score (nSPS) is 10.2. The molecule has 21 heavy (non-hydrogen) atoms. The van der Waals surface area contributed by atoms with Crippen LogP contribution in [0.25, 0.3) is 0 Å². The van der Waals surface area contributed by atoms with Gasteiger partial charge in [0.1, 0.15) is 16.3 Å². The zero-order valence-electron chi connectivity index (χ0n) is 11.9. The predicted molar refractivity (Wildman–Crippen MR) is 83.1 cm³/mol. The summed E-state index contributed by atoms with van der Waals surface area (Å²) in [7, 11) is 2.96. The van der Waals surface area contributed by atoms with Gasteiger partial charge in [-0.15, -0.1) is 0 Å². The van der Waals surface area contributed by atoms with E-state index in [4.69, 9.17) is 15.2 Å². The number of aromatic nitrogens is 1. The van der Waals surface area contributed by atoms with Crippen molar-refractivity contribution >= 4 is 28.3 Å². The number of carbonyl (C=O) groups excluding carboxylic acids is 1. The predicted octanol–water partition coefficient (Wildman–Crippen LogP) is 2.18. The second-order valence-corrected chi connectivity index (χ2v) is 5.07. The van der Waals surface area contributed by atoms with E-state index in [9.17, 15) is 4.79 Å². The molecule has 2 rings (SSSR count). The topological polar surface area (TPSA) is 86.5 Å². The zero-order chi connectivity index (χ0) is 15.2. The van der Waals surface area contributed by atoms with E-state index in [-0.39, 0.29) is 5.82 Å². The molecule has 0 aliphatic heterocycles. The number of hydrogen-bond donors (Lipinski definition) is 2. The molecule has 2 aromatic rings. The number of nitrogens with one attached hydrogen (secondary N) is 1. The van der Waals surface area contributed by atoms with Crippen LogP contribution in [0.3, 0.4) is 0 Å². The highest BCUT2D eigenvalue weighted by Crippen LogP contribution is 2.27. The molecule has 3 N–H and O–H groups in total. The molecule has 0 aliphatic carbocycles. The zero-order valence-corrected chi connectivity index (χ0v) is 12.7. The minimum Gasteiger partial charge on any atom is -0.497 e. The van der Waals surface area contributed by atoms with Gasteiger partial charge in [-0.25, -0.2) is 4.79 Å². The van der Waals surface area contributed by atoms with Gasteiger partial charge < -0.3 is 20.5 Å². The standard InChI is InChI=1S/C14H17N3O3S/c1-19-10-5-3-4-9(8-10)6-7-16-13-11(14(18)20-2)12(15)17-21-13/h3-5,8,16H,6-7H2,1-2H3,(H2,15,17). The minimum atomic E-state index is -0.481. The van der Waals surface area contributed by atoms with Crippen LogP contribution in [0.5, 0.6) is 5.75 Å². The number of nitrogens with two attached hydrogens (primary N) is 1. The first-order valence-corrected chi connectivity index (χ1v) is 7.13. The van der Waals surface area contributed by atoms with E-state index in [0.717, 1.165) is 29.3 Å². The number of esters is 1. The van der Waals surface area contributed by atoms with Gasteiger partial charge in [0, 0.05) is 6.54 Å². The Balaban J connectivity index is 1.99. The second kappa shape index (κ2) is 6.94. The smallest absolute Gasteiger partial charge is 0.344 e. The Kier molecular flexibility index (Phi) is 4.99. The highest BCUT2D eigenvalue weighted by molar-refractivity contribution is 7.11. The van der Waals surface area contributed by atoms with Gasteiger partial charge in [-0.3, -0.25) is 0 Å². The van der Waals surface area contributed by atoms with Crippen LogP contribution >= 0.6 is 11.5 Å². The fourth-order valence-corrected chi connectivity index (χ4v) is 2.60. The Hall–Kier alpha value is -2.28. The number of rotatable bonds is 6. The summed E-state index contributed by atoms with van der Waals surface area (Å²) in [6.45, 7) is 0.652. The molecule has 0 saturated carbocycles. The number of nitrogen functional groups attached to an aromatic ring is 1. The summed E-state index contributed by atoms with van der Waals surface area (Å²) in [6.07, 6.45) is 0.787. The van der Waals surface area contributed by atoms with Crippen molar-refractivity contribution in [1.82, 2.24) is 4.37 Å². The number of nitrogens with zero attached hydrogens (tertiary/aromatic N) is 1. The average molecular weight is 307 g/mol. The van der Waals surface area contributed by atoms with Crippen molar-refractivity contribution in [1.29, 1.82) is 0 Å². The van der Waals surface area contributed by atoms with Gasteiger partial charge in [0.15, 0.2) is 5.82 Å². The molecule has 0 atom stereocenters. The molecule has 7 heteroatoms. The molecule has 1 aromatic heterocycles. The maximum absolute atomic E-state index is 11.6. The molecule has 0 unspecified atom stereocenters. The summed E-state index contributed by atoms with van der Waals surface area (Å²) < 4.78 is 13.9. The Labute approximate surface area is 127 Å². The summed E-state index contributed by atoms with van der Waals surface area (Å²) in [5.74, 6) is 0.533. The van der Waals surface area contributed by atoms with Gasteiger partial charge in [0.2, 0.25) is 0 Å². The maximum Gasteiger partial charge on any atom is 0.344 e. The van der Waals surface area contributed by atoms with Crippen LogP contribution in [-0.4, -0.2) is 31.1 Å². The lowest BCUT2D eigenvalue weighted by Crippen LogP contribution is -2.10. The van der Waals surface area contributed by atoms with Crippen LogP contribution in [0.1, 0.15) is 15.9 Å². The van der Waals surface area contributed by atoms with Crippen molar-refractivity contribution in [2.45, 2.75) is 6.42 Å². The molecule has 1 aromatic carbocycles. The number of benzene rings is 1. The van der Waals surface area contributed by atoms with Crippen molar-refractivity contribution in [3.05, 3.63) is 35.4 Å². The highest BCUT2D eigenvalue weighted by Gasteiger charge is 2.19. The van der Waals surface area contributed by atoms with Crippen molar-refractivity contribution in [3.8, 4) is 5.75 Å². The number of hydrogen-bond acceptors (Lipinski definition) is 7. The van der Waals surface area contributed by atoms with Crippen LogP contribution in [0.15, 0.2) is 24.3 Å². The van der Waals surface area contributed by atoms with Crippen LogP contribution in [-0.2, 0) is 11.2 Å². The molecule has 0 saturated heterocycles. The van der Waals surface area contributed by atoms with E-state index in [1.165, 1.54) is 7.11 Å². The van der Waals surface area contributed by atoms with Crippen LogP contribution < -0.4 is 15.8 Å². The molecule has 0 bridgehead atoms. The Morgan fingerprint density at radius 1 is 1.43 bits per heavy atom. The maximum atomic E-state index is 11.6. The van der Waals surface area contributed by atoms with Gasteiger partial charge in [-0.2, -0.15) is 4.37 Å². The molecule has 112 valence electrons. The lowest BCUT2D eigenvalue weighted by molar-refractivity contribution is 0.0603. The summed E-state index contributed by atoms with van der Waals surface area (Å²) in [4.78, 5) is 11.6. The number of methoxy groups -OCH3 is 2. The van der Waals surface area contributed by atoms with Gasteiger partial charge in [0.25, 0.3) is 0 Å². The Bertz CT molecular complexity index is 628. The van der Waals surface area contributed by atoms with Crippen LogP contribution in [0.2, 0.25) is 0 Å². The summed E-state index contributed by atoms with van der Waals surface area (Å²) in [6, 6.07) is 7.84. The quantitative estimate of drug-likeness (QED) is 0.795. The molecule has 0 spiro atoms. The second-order valence-electron chi connectivity index (χ2n) is 4.29. The molecular weight excluding hydrogens is 290 g/mol. The summed E-state index contributed by atoms with van der Waals surface area (Å²) in [5.41, 5.74) is 7.12. The molecule has 0 amide bonds. The first-order valence-electron chi connectivity index (χ1n) is 6.36. The van der Waals surface area contributed by atoms with Crippen molar-refractivity contribution < 1.29 is 14.3 Å². The summed E-state index contributed by atoms with van der Waals surface area (Å²) >= 11 is 1.15. The van der Waals surface area contributed by atoms with Gasteiger partial charge in [0.05, 0.1) is 14.2 Å². The largest absolute Gasteiger partial charge is 0.497 e. The minimum absolute atomic E-state index is 0.190. The molecule has 1 heterocycles. The third kappa shape index (κ3) is 3.63. The van der Waals surface area contributed by atoms with Gasteiger partial charge in [-0.05, 0) is 35.6 Å². The van der Waals surface area contributed by atoms with E-state index < -0.39 is 5.97 Å². The fourth-order valence-electron chi connectivity index (χ4n) is 1.87. The van der Waals surface area contributed by atoms with E-state index in [1.54, 1.807) is 7.11 Å². The molecule has 6 nitrogen and oxygen atoms in total. The van der Waals surface area contributed by atoms with Gasteiger partial charge >= 0.3 is 5.97 Å². The van der Waals surface area contributed by atoms with Crippen LogP contribution in [0.4, 0.5) is 10.8 Å². The van der Waals surface area contributed by atoms with E-state index in [0.29, 0.717) is 17.1 Å². The van der Waals surface area contributed by atoms with E-state index >= 15 is 0 Å².